The number of amides is 1. The minimum atomic E-state index is -4.40. The average molecular weight is 687 g/mol. The van der Waals surface area contributed by atoms with Gasteiger partial charge in [-0.05, 0) is 70.7 Å². The van der Waals surface area contributed by atoms with Gasteiger partial charge in [0, 0.05) is 52.6 Å². The molecule has 0 fully saturated rings. The topological polar surface area (TPSA) is 66.9 Å². The predicted molar refractivity (Wildman–Crippen MR) is 197 cm³/mol. The summed E-state index contributed by atoms with van der Waals surface area (Å²) in [6, 6.07) is 35.6. The molecule has 2 heterocycles. The second-order valence-corrected chi connectivity index (χ2v) is 15.9. The van der Waals surface area contributed by atoms with E-state index >= 15 is 13.2 Å². The van der Waals surface area contributed by atoms with E-state index in [4.69, 9.17) is 16.3 Å². The summed E-state index contributed by atoms with van der Waals surface area (Å²) in [6.45, 7) is 4.50. The zero-order chi connectivity index (χ0) is 34.3. The van der Waals surface area contributed by atoms with E-state index in [1.54, 1.807) is 24.3 Å². The van der Waals surface area contributed by atoms with Crippen molar-refractivity contribution in [2.75, 3.05) is 29.9 Å². The van der Waals surface area contributed by atoms with E-state index in [2.05, 4.69) is 19.9 Å². The third-order valence-corrected chi connectivity index (χ3v) is 12.7. The number of rotatable bonds is 5. The summed E-state index contributed by atoms with van der Waals surface area (Å²) < 4.78 is 37.7. The molecule has 2 aliphatic heterocycles. The Morgan fingerprint density at radius 2 is 1.47 bits per heavy atom. The van der Waals surface area contributed by atoms with Gasteiger partial charge < -0.3 is 9.64 Å². The van der Waals surface area contributed by atoms with Crippen LogP contribution in [0.3, 0.4) is 0 Å². The molecule has 8 rings (SSSR count). The van der Waals surface area contributed by atoms with Gasteiger partial charge in [-0.25, -0.2) is 12.7 Å². The molecule has 0 saturated carbocycles. The second-order valence-electron chi connectivity index (χ2n) is 13.7. The Balaban J connectivity index is 1.41. The highest BCUT2D eigenvalue weighted by Crippen LogP contribution is 2.66. The minimum Gasteiger partial charge on any atom is -0.492 e. The van der Waals surface area contributed by atoms with Crippen LogP contribution in [0.5, 0.6) is 0 Å². The van der Waals surface area contributed by atoms with Crippen molar-refractivity contribution < 1.29 is 17.9 Å². The van der Waals surface area contributed by atoms with Gasteiger partial charge in [0.05, 0.1) is 17.2 Å². The molecule has 1 amide bonds. The standard InChI is InChI=1S/C41H35ClN2O4S/c1-40(2)34-25-48-38(27-20-22-28(42)23-21-27)31(34)24-33(26-12-6-5-7-13-26)41(40)32-16-8-9-17-36(32)44(39(41)45)49(46,47)37-19-11-14-29-30(37)15-10-18-35(29)43(3)4/h5-24,34H,25H2,1-4H3/t34-,41-/m0/s1. The zero-order valence-corrected chi connectivity index (χ0v) is 29.2. The third-order valence-electron chi connectivity index (χ3n) is 10.7. The lowest BCUT2D eigenvalue weighted by molar-refractivity contribution is -0.124. The van der Waals surface area contributed by atoms with Crippen LogP contribution < -0.4 is 9.21 Å². The summed E-state index contributed by atoms with van der Waals surface area (Å²) in [5.41, 5.74) is 3.19. The minimum absolute atomic E-state index is 0.0857. The van der Waals surface area contributed by atoms with Gasteiger partial charge in [0.25, 0.3) is 15.9 Å². The van der Waals surface area contributed by atoms with Crippen molar-refractivity contribution in [2.24, 2.45) is 11.3 Å². The van der Waals surface area contributed by atoms with E-state index in [0.29, 0.717) is 28.3 Å². The highest BCUT2D eigenvalue weighted by Gasteiger charge is 2.68. The summed E-state index contributed by atoms with van der Waals surface area (Å²) in [5, 5.41) is 1.98. The van der Waals surface area contributed by atoms with Crippen LogP contribution >= 0.6 is 11.6 Å². The Kier molecular flexibility index (Phi) is 7.11. The fourth-order valence-corrected chi connectivity index (χ4v) is 10.1. The predicted octanol–water partition coefficient (Wildman–Crippen LogP) is 8.71. The van der Waals surface area contributed by atoms with E-state index in [-0.39, 0.29) is 10.8 Å². The van der Waals surface area contributed by atoms with E-state index < -0.39 is 26.8 Å². The fraction of sp³-hybridized carbons (Fsp3) is 0.195. The molecule has 0 radical (unpaired) electrons. The lowest BCUT2D eigenvalue weighted by atomic mass is 9.49. The Labute approximate surface area is 291 Å². The molecule has 3 aliphatic rings. The first-order valence-electron chi connectivity index (χ1n) is 16.3. The van der Waals surface area contributed by atoms with Gasteiger partial charge >= 0.3 is 0 Å². The van der Waals surface area contributed by atoms with E-state index in [9.17, 15) is 0 Å². The average Bonchev–Trinajstić information content (AvgIpc) is 3.65. The molecular weight excluding hydrogens is 652 g/mol. The lowest BCUT2D eigenvalue weighted by Gasteiger charge is -2.51. The maximum atomic E-state index is 15.7. The first-order valence-corrected chi connectivity index (χ1v) is 18.1. The number of nitrogens with zero attached hydrogens (tertiary/aromatic N) is 2. The fourth-order valence-electron chi connectivity index (χ4n) is 8.35. The first-order chi connectivity index (χ1) is 23.5. The van der Waals surface area contributed by atoms with Crippen molar-refractivity contribution in [3.63, 3.8) is 0 Å². The molecule has 5 aromatic rings. The highest BCUT2D eigenvalue weighted by molar-refractivity contribution is 7.93. The van der Waals surface area contributed by atoms with Crippen LogP contribution in [0.1, 0.15) is 30.5 Å². The molecule has 0 saturated heterocycles. The number of hydrogen-bond acceptors (Lipinski definition) is 5. The molecule has 1 aliphatic carbocycles. The van der Waals surface area contributed by atoms with Crippen molar-refractivity contribution >= 4 is 61.0 Å². The summed E-state index contributed by atoms with van der Waals surface area (Å²) in [4.78, 5) is 17.7. The number of para-hydroxylation sites is 1. The number of carbonyl (C=O) groups is 1. The summed E-state index contributed by atoms with van der Waals surface area (Å²) in [6.07, 6.45) is 2.08. The number of fused-ring (bicyclic) bond motifs is 4. The van der Waals surface area contributed by atoms with Crippen LogP contribution in [0.2, 0.25) is 5.02 Å². The van der Waals surface area contributed by atoms with Crippen molar-refractivity contribution in [3.05, 3.63) is 149 Å². The van der Waals surface area contributed by atoms with Gasteiger partial charge in [0.1, 0.15) is 11.2 Å². The molecule has 5 aromatic carbocycles. The number of sulfonamides is 1. The number of hydrogen-bond donors (Lipinski definition) is 0. The second kappa shape index (κ2) is 11.1. The van der Waals surface area contributed by atoms with E-state index in [0.717, 1.165) is 43.4 Å². The number of ether oxygens (including phenoxy) is 1. The molecule has 0 unspecified atom stereocenters. The SMILES string of the molecule is CN(C)c1cccc2c(S(=O)(=O)N3C(=O)[C@@]4(C(c5ccccc5)=CC5=C(c6ccc(Cl)cc6)OC[C@@H]5C4(C)C)c4ccccc43)cccc12. The molecular formula is C41H35ClN2O4S. The van der Waals surface area contributed by atoms with Crippen LogP contribution in [0.15, 0.2) is 132 Å². The lowest BCUT2D eigenvalue weighted by Crippen LogP contribution is -2.57. The molecule has 0 aromatic heterocycles. The maximum absolute atomic E-state index is 15.7. The van der Waals surface area contributed by atoms with E-state index in [1.807, 2.05) is 110 Å². The number of allylic oxidation sites excluding steroid dienone is 1. The van der Waals surface area contributed by atoms with Gasteiger partial charge in [-0.3, -0.25) is 4.79 Å². The summed E-state index contributed by atoms with van der Waals surface area (Å²) in [5.74, 6) is 0.0350. The monoisotopic (exact) mass is 686 g/mol. The van der Waals surface area contributed by atoms with Crippen LogP contribution in [-0.4, -0.2) is 35.0 Å². The summed E-state index contributed by atoms with van der Waals surface area (Å²) >= 11 is 6.24. The van der Waals surface area contributed by atoms with Crippen LogP contribution in [0, 0.1) is 11.3 Å². The Morgan fingerprint density at radius 1 is 0.796 bits per heavy atom. The highest BCUT2D eigenvalue weighted by atomic mass is 35.5. The van der Waals surface area contributed by atoms with Gasteiger partial charge in [0.2, 0.25) is 0 Å². The summed E-state index contributed by atoms with van der Waals surface area (Å²) in [7, 11) is -0.545. The Morgan fingerprint density at radius 3 is 2.20 bits per heavy atom. The number of halogens is 1. The van der Waals surface area contributed by atoms with Crippen molar-refractivity contribution in [2.45, 2.75) is 24.2 Å². The largest absolute Gasteiger partial charge is 0.492 e. The van der Waals surface area contributed by atoms with Gasteiger partial charge in [0.15, 0.2) is 0 Å². The molecule has 8 heteroatoms. The molecule has 1 spiro atoms. The first kappa shape index (κ1) is 31.4. The van der Waals surface area contributed by atoms with Crippen molar-refractivity contribution in [1.82, 2.24) is 0 Å². The molecule has 0 bridgehead atoms. The van der Waals surface area contributed by atoms with Crippen LogP contribution in [0.4, 0.5) is 11.4 Å². The van der Waals surface area contributed by atoms with Gasteiger partial charge in [-0.15, -0.1) is 0 Å². The normalized spacial score (nSPS) is 21.1. The third kappa shape index (κ3) is 4.31. The van der Waals surface area contributed by atoms with Crippen LogP contribution in [0.25, 0.3) is 22.1 Å². The Hall–Kier alpha value is -4.85. The maximum Gasteiger partial charge on any atom is 0.271 e. The molecule has 49 heavy (non-hydrogen) atoms. The van der Waals surface area contributed by atoms with Gasteiger partial charge in [-0.1, -0.05) is 98.2 Å². The van der Waals surface area contributed by atoms with Gasteiger partial charge in [-0.2, -0.15) is 0 Å². The van der Waals surface area contributed by atoms with E-state index in [1.165, 1.54) is 0 Å². The smallest absolute Gasteiger partial charge is 0.271 e. The van der Waals surface area contributed by atoms with Crippen molar-refractivity contribution in [3.8, 4) is 0 Å². The Bertz CT molecular complexity index is 2350. The number of benzene rings is 5. The zero-order valence-electron chi connectivity index (χ0n) is 27.6. The number of carbonyl (C=O) groups excluding carboxylic acids is 1. The molecule has 246 valence electrons. The molecule has 2 atom stereocenters. The quantitative estimate of drug-likeness (QED) is 0.185. The van der Waals surface area contributed by atoms with Crippen molar-refractivity contribution in [1.29, 1.82) is 0 Å². The molecule has 6 nitrogen and oxygen atoms in total. The number of anilines is 2. The molecule has 0 N–H and O–H groups in total. The van der Waals surface area contributed by atoms with Crippen LogP contribution in [-0.2, 0) is 25.0 Å².